The quantitative estimate of drug-likeness (QED) is 0.926. The summed E-state index contributed by atoms with van der Waals surface area (Å²) in [5.74, 6) is 1.66. The average Bonchev–Trinajstić information content (AvgIpc) is 3.26. The molecule has 1 saturated carbocycles. The van der Waals surface area contributed by atoms with Gasteiger partial charge in [0, 0.05) is 24.6 Å². The number of hydrogen-bond acceptors (Lipinski definition) is 3. The number of hydrogen-bond donors (Lipinski definition) is 1. The molecule has 98 valence electrons. The summed E-state index contributed by atoms with van der Waals surface area (Å²) < 4.78 is 13.2. The van der Waals surface area contributed by atoms with Gasteiger partial charge in [-0.2, -0.15) is 0 Å². The van der Waals surface area contributed by atoms with E-state index in [-0.39, 0.29) is 5.02 Å². The summed E-state index contributed by atoms with van der Waals surface area (Å²) in [5.41, 5.74) is 1.57. The van der Waals surface area contributed by atoms with Gasteiger partial charge in [0.25, 0.3) is 0 Å². The number of nitrogens with zero attached hydrogens (tertiary/aromatic N) is 2. The van der Waals surface area contributed by atoms with Crippen molar-refractivity contribution in [3.8, 4) is 11.3 Å². The lowest BCUT2D eigenvalue weighted by Gasteiger charge is -2.08. The molecule has 0 amide bonds. The number of nitrogens with one attached hydrogen (secondary N) is 1. The molecular weight excluding hydrogens is 265 g/mol. The SMILES string of the molecule is CNc1cc(-c2ccc(F)c(Cl)c2)nc(C2CC2)n1. The van der Waals surface area contributed by atoms with Crippen molar-refractivity contribution in [2.45, 2.75) is 18.8 Å². The van der Waals surface area contributed by atoms with E-state index in [1.165, 1.54) is 6.07 Å². The number of rotatable bonds is 3. The van der Waals surface area contributed by atoms with Gasteiger partial charge in [0.1, 0.15) is 17.5 Å². The topological polar surface area (TPSA) is 37.8 Å². The zero-order valence-electron chi connectivity index (χ0n) is 10.5. The number of aromatic nitrogens is 2. The molecule has 3 rings (SSSR count). The Bertz CT molecular complexity index is 626. The Labute approximate surface area is 115 Å². The van der Waals surface area contributed by atoms with Crippen molar-refractivity contribution < 1.29 is 4.39 Å². The first-order chi connectivity index (χ1) is 9.17. The van der Waals surface area contributed by atoms with Gasteiger partial charge in [-0.25, -0.2) is 14.4 Å². The van der Waals surface area contributed by atoms with Gasteiger partial charge in [0.2, 0.25) is 0 Å². The van der Waals surface area contributed by atoms with Gasteiger partial charge in [-0.1, -0.05) is 11.6 Å². The van der Waals surface area contributed by atoms with Crippen LogP contribution in [-0.2, 0) is 0 Å². The van der Waals surface area contributed by atoms with Crippen LogP contribution in [0.2, 0.25) is 5.02 Å². The minimum Gasteiger partial charge on any atom is -0.373 e. The maximum atomic E-state index is 13.2. The molecule has 0 unspecified atom stereocenters. The van der Waals surface area contributed by atoms with Crippen LogP contribution in [0.4, 0.5) is 10.2 Å². The lowest BCUT2D eigenvalue weighted by atomic mass is 10.1. The number of anilines is 1. The predicted molar refractivity (Wildman–Crippen MR) is 74.0 cm³/mol. The molecule has 1 fully saturated rings. The second-order valence-corrected chi connectivity index (χ2v) is 5.06. The average molecular weight is 278 g/mol. The highest BCUT2D eigenvalue weighted by Gasteiger charge is 2.27. The third-order valence-corrected chi connectivity index (χ3v) is 3.45. The first-order valence-corrected chi connectivity index (χ1v) is 6.57. The molecule has 0 aliphatic heterocycles. The van der Waals surface area contributed by atoms with Gasteiger partial charge >= 0.3 is 0 Å². The van der Waals surface area contributed by atoms with Crippen molar-refractivity contribution in [3.05, 3.63) is 40.9 Å². The van der Waals surface area contributed by atoms with E-state index in [4.69, 9.17) is 11.6 Å². The first kappa shape index (κ1) is 12.4. The zero-order chi connectivity index (χ0) is 13.4. The van der Waals surface area contributed by atoms with Crippen molar-refractivity contribution >= 4 is 17.4 Å². The molecule has 0 atom stereocenters. The highest BCUT2D eigenvalue weighted by molar-refractivity contribution is 6.31. The third kappa shape index (κ3) is 2.54. The summed E-state index contributed by atoms with van der Waals surface area (Å²) in [6, 6.07) is 6.47. The third-order valence-electron chi connectivity index (χ3n) is 3.16. The Morgan fingerprint density at radius 3 is 2.68 bits per heavy atom. The molecule has 1 aromatic carbocycles. The van der Waals surface area contributed by atoms with Crippen molar-refractivity contribution in [1.29, 1.82) is 0 Å². The molecule has 1 aromatic heterocycles. The molecule has 0 spiro atoms. The highest BCUT2D eigenvalue weighted by Crippen LogP contribution is 2.39. The molecule has 2 aromatic rings. The smallest absolute Gasteiger partial charge is 0.141 e. The van der Waals surface area contributed by atoms with Gasteiger partial charge < -0.3 is 5.32 Å². The monoisotopic (exact) mass is 277 g/mol. The van der Waals surface area contributed by atoms with Crippen molar-refractivity contribution in [1.82, 2.24) is 9.97 Å². The van der Waals surface area contributed by atoms with E-state index in [9.17, 15) is 4.39 Å². The summed E-state index contributed by atoms with van der Waals surface area (Å²) in [6.07, 6.45) is 2.27. The molecule has 0 bridgehead atoms. The van der Waals surface area contributed by atoms with E-state index >= 15 is 0 Å². The number of halogens is 2. The molecule has 1 aliphatic carbocycles. The fraction of sp³-hybridized carbons (Fsp3) is 0.286. The lowest BCUT2D eigenvalue weighted by Crippen LogP contribution is -2.00. The van der Waals surface area contributed by atoms with Gasteiger partial charge in [0.15, 0.2) is 0 Å². The van der Waals surface area contributed by atoms with E-state index in [1.807, 2.05) is 13.1 Å². The Balaban J connectivity index is 2.07. The van der Waals surface area contributed by atoms with E-state index in [2.05, 4.69) is 15.3 Å². The Kier molecular flexibility index (Phi) is 3.11. The van der Waals surface area contributed by atoms with Crippen molar-refractivity contribution in [3.63, 3.8) is 0 Å². The summed E-state index contributed by atoms with van der Waals surface area (Å²) in [7, 11) is 1.82. The van der Waals surface area contributed by atoms with E-state index < -0.39 is 5.82 Å². The van der Waals surface area contributed by atoms with Crippen molar-refractivity contribution in [2.24, 2.45) is 0 Å². The molecule has 1 aliphatic rings. The van der Waals surface area contributed by atoms with E-state index in [1.54, 1.807) is 12.1 Å². The van der Waals surface area contributed by atoms with E-state index in [0.29, 0.717) is 5.92 Å². The van der Waals surface area contributed by atoms with Crippen molar-refractivity contribution in [2.75, 3.05) is 12.4 Å². The molecule has 19 heavy (non-hydrogen) atoms. The minimum absolute atomic E-state index is 0.107. The summed E-state index contributed by atoms with van der Waals surface area (Å²) in [5, 5.41) is 3.13. The van der Waals surface area contributed by atoms with Gasteiger partial charge in [-0.05, 0) is 31.0 Å². The van der Waals surface area contributed by atoms with Crippen LogP contribution in [0.1, 0.15) is 24.6 Å². The van der Waals surface area contributed by atoms with Crippen LogP contribution in [0.25, 0.3) is 11.3 Å². The Morgan fingerprint density at radius 2 is 2.05 bits per heavy atom. The highest BCUT2D eigenvalue weighted by atomic mass is 35.5. The fourth-order valence-electron chi connectivity index (χ4n) is 1.92. The van der Waals surface area contributed by atoms with Crippen LogP contribution < -0.4 is 5.32 Å². The summed E-state index contributed by atoms with van der Waals surface area (Å²) in [4.78, 5) is 9.00. The molecule has 3 nitrogen and oxygen atoms in total. The Hall–Kier alpha value is -1.68. The zero-order valence-corrected chi connectivity index (χ0v) is 11.2. The van der Waals surface area contributed by atoms with Crippen LogP contribution in [0.5, 0.6) is 0 Å². The van der Waals surface area contributed by atoms with Gasteiger partial charge in [-0.3, -0.25) is 0 Å². The van der Waals surface area contributed by atoms with Crippen LogP contribution in [0.3, 0.4) is 0 Å². The van der Waals surface area contributed by atoms with Crippen LogP contribution in [0, 0.1) is 5.82 Å². The molecule has 0 radical (unpaired) electrons. The summed E-state index contributed by atoms with van der Waals surface area (Å²) in [6.45, 7) is 0. The second-order valence-electron chi connectivity index (χ2n) is 4.65. The second kappa shape index (κ2) is 4.78. The first-order valence-electron chi connectivity index (χ1n) is 6.19. The van der Waals surface area contributed by atoms with E-state index in [0.717, 1.165) is 35.7 Å². The van der Waals surface area contributed by atoms with Gasteiger partial charge in [-0.15, -0.1) is 0 Å². The lowest BCUT2D eigenvalue weighted by molar-refractivity contribution is 0.628. The van der Waals surface area contributed by atoms with Crippen LogP contribution in [0.15, 0.2) is 24.3 Å². The molecule has 1 heterocycles. The predicted octanol–water partition coefficient (Wildman–Crippen LogP) is 3.86. The minimum atomic E-state index is -0.421. The largest absolute Gasteiger partial charge is 0.373 e. The molecule has 1 N–H and O–H groups in total. The fourth-order valence-corrected chi connectivity index (χ4v) is 2.10. The van der Waals surface area contributed by atoms with Gasteiger partial charge in [0.05, 0.1) is 10.7 Å². The molecular formula is C14H13ClFN3. The van der Waals surface area contributed by atoms with Crippen LogP contribution in [-0.4, -0.2) is 17.0 Å². The maximum Gasteiger partial charge on any atom is 0.141 e. The maximum absolute atomic E-state index is 13.2. The number of benzene rings is 1. The summed E-state index contributed by atoms with van der Waals surface area (Å²) >= 11 is 5.82. The van der Waals surface area contributed by atoms with Crippen LogP contribution >= 0.6 is 11.6 Å². The standard InChI is InChI=1S/C14H13ClFN3/c1-17-13-7-12(18-14(19-13)8-2-3-8)9-4-5-11(16)10(15)6-9/h4-8H,2-3H2,1H3,(H,17,18,19). The normalized spacial score (nSPS) is 14.5. The molecule has 0 saturated heterocycles. The molecule has 5 heteroatoms. The Morgan fingerprint density at radius 1 is 1.26 bits per heavy atom.